The fraction of sp³-hybridized carbons (Fsp3) is 0.333. The smallest absolute Gasteiger partial charge is 0.245 e. The highest BCUT2D eigenvalue weighted by molar-refractivity contribution is 5.74. The van der Waals surface area contributed by atoms with E-state index in [4.69, 9.17) is 29.1 Å². The number of ether oxygens (including phenoxy) is 4. The summed E-state index contributed by atoms with van der Waals surface area (Å²) in [5.41, 5.74) is 8.93. The molecular formula is C54H62N10O8. The first-order valence-electron chi connectivity index (χ1n) is 24.1. The van der Waals surface area contributed by atoms with Crippen LogP contribution >= 0.6 is 0 Å². The minimum absolute atomic E-state index is 0.0128. The molecule has 2 fully saturated rings. The van der Waals surface area contributed by atoms with E-state index in [1.165, 1.54) is 0 Å². The average molecular weight is 979 g/mol. The first-order valence-corrected chi connectivity index (χ1v) is 24.1. The molecule has 0 aliphatic carbocycles. The Hall–Kier alpha value is -7.32. The zero-order chi connectivity index (χ0) is 50.1. The number of fused-ring (bicyclic) bond motifs is 2. The number of aliphatic hydroxyl groups is 4. The number of likely N-dealkylation sites (tertiary alicyclic amines) is 2. The van der Waals surface area contributed by atoms with E-state index in [-0.39, 0.29) is 25.0 Å². The maximum Gasteiger partial charge on any atom is 0.245 e. The number of methoxy groups -OCH3 is 4. The van der Waals surface area contributed by atoms with Crippen molar-refractivity contribution in [3.63, 3.8) is 0 Å². The third-order valence-electron chi connectivity index (χ3n) is 13.5. The molecule has 10 rings (SSSR count). The Bertz CT molecular complexity index is 2890. The van der Waals surface area contributed by atoms with Gasteiger partial charge < -0.3 is 50.0 Å². The quantitative estimate of drug-likeness (QED) is 0.0603. The molecule has 2 aliphatic rings. The molecule has 18 heteroatoms. The molecule has 0 saturated carbocycles. The number of hydrogen-bond donors (Lipinski definition) is 6. The van der Waals surface area contributed by atoms with Crippen molar-refractivity contribution >= 4 is 34.3 Å². The lowest BCUT2D eigenvalue weighted by molar-refractivity contribution is 0.0432. The Morgan fingerprint density at radius 2 is 0.944 bits per heavy atom. The van der Waals surface area contributed by atoms with E-state index in [0.29, 0.717) is 49.6 Å². The van der Waals surface area contributed by atoms with E-state index in [2.05, 4.69) is 30.4 Å². The fourth-order valence-electron chi connectivity index (χ4n) is 9.82. The predicted molar refractivity (Wildman–Crippen MR) is 276 cm³/mol. The van der Waals surface area contributed by atoms with E-state index in [0.717, 1.165) is 93.5 Å². The van der Waals surface area contributed by atoms with Gasteiger partial charge in [-0.2, -0.15) is 0 Å². The van der Waals surface area contributed by atoms with Crippen LogP contribution < -0.4 is 29.6 Å². The molecule has 8 aromatic rings. The maximum absolute atomic E-state index is 10.7. The third kappa shape index (κ3) is 10.8. The van der Waals surface area contributed by atoms with Gasteiger partial charge in [-0.25, -0.2) is 19.0 Å². The first kappa shape index (κ1) is 49.7. The molecule has 4 aromatic heterocycles. The second kappa shape index (κ2) is 22.8. The van der Waals surface area contributed by atoms with Crippen molar-refractivity contribution in [2.24, 2.45) is 0 Å². The average Bonchev–Trinajstić information content (AvgIpc) is 4.03. The SMILES string of the molecule is COc1cc([C@@H]2CCN(CCO)C[C@H]2O)ccc1Nc1ncc2ccc(-c3ccccc3OC)n2n1.COc1cc([C@H]2CCN(CCO)C[C@@H]2O)ccc1Nc1ncc2ccc(-c3ccccc3OC)n2n1. The van der Waals surface area contributed by atoms with Crippen molar-refractivity contribution < 1.29 is 39.4 Å². The standard InChI is InChI=1S/2C27H31N5O4/c2*1-35-25-6-4-3-5-21(25)23-10-8-19-16-28-27(30-32(19)23)29-22-9-7-18(15-26(22)36-2)20-11-12-31(13-14-33)17-24(20)34/h2*3-10,15-16,20,24,33-34H,11-14,17H2,1-2H3,(H,29,30)/t2*20-,24+/m10/s1. The topological polar surface area (TPSA) is 209 Å². The molecule has 0 bridgehead atoms. The molecule has 0 unspecified atom stereocenters. The lowest BCUT2D eigenvalue weighted by Gasteiger charge is -2.36. The second-order valence-electron chi connectivity index (χ2n) is 17.8. The predicted octanol–water partition coefficient (Wildman–Crippen LogP) is 6.60. The highest BCUT2D eigenvalue weighted by atomic mass is 16.5. The molecule has 0 amide bonds. The van der Waals surface area contributed by atoms with Crippen molar-refractivity contribution in [2.75, 3.05) is 91.6 Å². The van der Waals surface area contributed by atoms with Crippen molar-refractivity contribution in [2.45, 2.75) is 36.9 Å². The summed E-state index contributed by atoms with van der Waals surface area (Å²) in [6.45, 7) is 4.14. The van der Waals surface area contributed by atoms with Crippen LogP contribution in [-0.2, 0) is 0 Å². The zero-order valence-electron chi connectivity index (χ0n) is 40.9. The Kier molecular flexibility index (Phi) is 15.7. The summed E-state index contributed by atoms with van der Waals surface area (Å²) in [5.74, 6) is 3.73. The Morgan fingerprint density at radius 1 is 0.528 bits per heavy atom. The number of nitrogens with one attached hydrogen (secondary N) is 2. The largest absolute Gasteiger partial charge is 0.496 e. The number of β-amino-alcohol motifs (C(OH)–C–C–N with tert-alkyl or cyclic N) is 4. The number of anilines is 4. The number of piperidine rings is 2. The lowest BCUT2D eigenvalue weighted by atomic mass is 9.87. The van der Waals surface area contributed by atoms with Gasteiger partial charge in [0.2, 0.25) is 11.9 Å². The van der Waals surface area contributed by atoms with Gasteiger partial charge in [0.05, 0.1) is 100 Å². The second-order valence-corrected chi connectivity index (χ2v) is 17.8. The molecule has 4 atom stereocenters. The van der Waals surface area contributed by atoms with Crippen LogP contribution in [0.15, 0.2) is 122 Å². The number of benzene rings is 4. The van der Waals surface area contributed by atoms with Crippen molar-refractivity contribution in [3.8, 4) is 45.5 Å². The van der Waals surface area contributed by atoms with Gasteiger partial charge in [0.25, 0.3) is 0 Å². The molecule has 4 aromatic carbocycles. The monoisotopic (exact) mass is 978 g/mol. The molecule has 0 spiro atoms. The number of nitrogens with zero attached hydrogens (tertiary/aromatic N) is 8. The van der Waals surface area contributed by atoms with Gasteiger partial charge in [-0.15, -0.1) is 10.2 Å². The summed E-state index contributed by atoms with van der Waals surface area (Å²) in [6, 6.07) is 35.4. The maximum atomic E-state index is 10.7. The van der Waals surface area contributed by atoms with E-state index in [1.807, 2.05) is 118 Å². The van der Waals surface area contributed by atoms with Crippen LogP contribution in [0.5, 0.6) is 23.0 Å². The van der Waals surface area contributed by atoms with Crippen LogP contribution in [0.3, 0.4) is 0 Å². The molecule has 0 radical (unpaired) electrons. The minimum Gasteiger partial charge on any atom is -0.496 e. The van der Waals surface area contributed by atoms with Crippen molar-refractivity contribution in [3.05, 3.63) is 133 Å². The molecule has 6 N–H and O–H groups in total. The van der Waals surface area contributed by atoms with E-state index in [1.54, 1.807) is 40.8 Å². The Morgan fingerprint density at radius 3 is 1.33 bits per heavy atom. The molecule has 18 nitrogen and oxygen atoms in total. The third-order valence-corrected chi connectivity index (χ3v) is 13.5. The Balaban J connectivity index is 0.000000178. The summed E-state index contributed by atoms with van der Waals surface area (Å²) in [6.07, 6.45) is 4.17. The van der Waals surface area contributed by atoms with E-state index < -0.39 is 12.2 Å². The molecule has 2 saturated heterocycles. The summed E-state index contributed by atoms with van der Waals surface area (Å²) in [5, 5.41) is 55.8. The van der Waals surface area contributed by atoms with Gasteiger partial charge in [-0.1, -0.05) is 36.4 Å². The number of hydrogen-bond acceptors (Lipinski definition) is 16. The van der Waals surface area contributed by atoms with Crippen molar-refractivity contribution in [1.82, 2.24) is 39.0 Å². The zero-order valence-corrected chi connectivity index (χ0v) is 40.9. The summed E-state index contributed by atoms with van der Waals surface area (Å²) in [4.78, 5) is 13.1. The Labute approximate surface area is 418 Å². The molecular weight excluding hydrogens is 917 g/mol. The number of aliphatic hydroxyl groups excluding tert-OH is 4. The first-order chi connectivity index (χ1) is 35.2. The van der Waals surface area contributed by atoms with Crippen LogP contribution in [0.4, 0.5) is 23.3 Å². The molecule has 6 heterocycles. The molecule has 72 heavy (non-hydrogen) atoms. The van der Waals surface area contributed by atoms with E-state index in [9.17, 15) is 20.4 Å². The lowest BCUT2D eigenvalue weighted by Crippen LogP contribution is -2.43. The van der Waals surface area contributed by atoms with Crippen LogP contribution in [0.2, 0.25) is 0 Å². The van der Waals surface area contributed by atoms with Gasteiger partial charge in [-0.05, 0) is 110 Å². The van der Waals surface area contributed by atoms with E-state index >= 15 is 0 Å². The summed E-state index contributed by atoms with van der Waals surface area (Å²) in [7, 11) is 6.56. The highest BCUT2D eigenvalue weighted by Crippen LogP contribution is 2.38. The molecule has 2 aliphatic heterocycles. The number of para-hydroxylation sites is 2. The summed E-state index contributed by atoms with van der Waals surface area (Å²) < 4.78 is 26.1. The van der Waals surface area contributed by atoms with Gasteiger partial charge in [0.1, 0.15) is 23.0 Å². The van der Waals surface area contributed by atoms with Crippen LogP contribution in [-0.4, -0.2) is 153 Å². The van der Waals surface area contributed by atoms with Crippen molar-refractivity contribution in [1.29, 1.82) is 0 Å². The number of aromatic nitrogens is 6. The van der Waals surface area contributed by atoms with Crippen LogP contribution in [0.1, 0.15) is 35.8 Å². The highest BCUT2D eigenvalue weighted by Gasteiger charge is 2.31. The van der Waals surface area contributed by atoms with Crippen LogP contribution in [0.25, 0.3) is 33.5 Å². The minimum atomic E-state index is -0.498. The van der Waals surface area contributed by atoms with Gasteiger partial charge in [0, 0.05) is 49.1 Å². The van der Waals surface area contributed by atoms with Gasteiger partial charge >= 0.3 is 0 Å². The van der Waals surface area contributed by atoms with Gasteiger partial charge in [-0.3, -0.25) is 9.80 Å². The summed E-state index contributed by atoms with van der Waals surface area (Å²) >= 11 is 0. The van der Waals surface area contributed by atoms with Gasteiger partial charge in [0.15, 0.2) is 0 Å². The fourth-order valence-corrected chi connectivity index (χ4v) is 9.82. The number of rotatable bonds is 16. The molecule has 376 valence electrons. The normalized spacial score (nSPS) is 18.3. The van der Waals surface area contributed by atoms with Crippen LogP contribution in [0, 0.1) is 0 Å².